The molecule has 3 saturated heterocycles. The Kier molecular flexibility index (Phi) is 4.86. The van der Waals surface area contributed by atoms with Crippen molar-refractivity contribution in [3.05, 3.63) is 23.7 Å². The molecule has 3 aliphatic heterocycles. The molecule has 4 rings (SSSR count). The molecule has 0 radical (unpaired) electrons. The molecule has 3 aliphatic rings. The molecule has 142 valence electrons. The number of hydrogen-bond donors (Lipinski definition) is 0. The molecule has 0 N–H and O–H groups in total. The van der Waals surface area contributed by atoms with Crippen molar-refractivity contribution >= 4 is 12.0 Å². The number of amides is 2. The zero-order valence-electron chi connectivity index (χ0n) is 15.1. The highest BCUT2D eigenvalue weighted by Crippen LogP contribution is 2.28. The molecule has 0 spiro atoms. The first-order chi connectivity index (χ1) is 12.6. The Hall–Kier alpha value is -2.06. The second-order valence-corrected chi connectivity index (χ2v) is 7.13. The number of fused-ring (bicyclic) bond motifs is 1. The van der Waals surface area contributed by atoms with E-state index in [0.717, 1.165) is 44.8 Å². The standard InChI is InChI=1S/C18H25N3O5/c1-13-3-8-25-16(13)17(22)20-11-14-15(12-20)26-18(23)21(14)5-2-4-19-6-9-24-10-7-19/h3,8,14-15H,2,4-7,9-12H2,1H3/t14-,15+/m1/s1. The minimum atomic E-state index is -0.261. The third-order valence-electron chi connectivity index (χ3n) is 5.44. The first-order valence-corrected chi connectivity index (χ1v) is 9.24. The fourth-order valence-electron chi connectivity index (χ4n) is 3.95. The maximum Gasteiger partial charge on any atom is 0.410 e. The number of nitrogens with zero attached hydrogens (tertiary/aromatic N) is 3. The second-order valence-electron chi connectivity index (χ2n) is 7.13. The summed E-state index contributed by atoms with van der Waals surface area (Å²) < 4.78 is 16.2. The van der Waals surface area contributed by atoms with E-state index in [-0.39, 0.29) is 24.1 Å². The molecule has 26 heavy (non-hydrogen) atoms. The number of hydrogen-bond acceptors (Lipinski definition) is 6. The van der Waals surface area contributed by atoms with E-state index < -0.39 is 0 Å². The van der Waals surface area contributed by atoms with Crippen molar-refractivity contribution in [3.8, 4) is 0 Å². The van der Waals surface area contributed by atoms with E-state index in [1.165, 1.54) is 6.26 Å². The van der Waals surface area contributed by atoms with Crippen molar-refractivity contribution in [3.63, 3.8) is 0 Å². The van der Waals surface area contributed by atoms with Crippen LogP contribution in [0.15, 0.2) is 16.7 Å². The lowest BCUT2D eigenvalue weighted by Crippen LogP contribution is -2.42. The maximum atomic E-state index is 12.6. The molecule has 8 nitrogen and oxygen atoms in total. The van der Waals surface area contributed by atoms with Gasteiger partial charge in [-0.15, -0.1) is 0 Å². The summed E-state index contributed by atoms with van der Waals surface area (Å²) in [6, 6.07) is 1.72. The zero-order valence-corrected chi connectivity index (χ0v) is 15.1. The summed E-state index contributed by atoms with van der Waals surface area (Å²) in [4.78, 5) is 30.7. The molecule has 2 amide bonds. The molecular weight excluding hydrogens is 338 g/mol. The third-order valence-corrected chi connectivity index (χ3v) is 5.44. The van der Waals surface area contributed by atoms with Gasteiger partial charge in [-0.05, 0) is 19.4 Å². The minimum absolute atomic E-state index is 0.0635. The Morgan fingerprint density at radius 2 is 2.04 bits per heavy atom. The van der Waals surface area contributed by atoms with Gasteiger partial charge in [-0.3, -0.25) is 14.6 Å². The van der Waals surface area contributed by atoms with Crippen LogP contribution in [0.1, 0.15) is 22.5 Å². The van der Waals surface area contributed by atoms with Gasteiger partial charge in [0, 0.05) is 38.3 Å². The average Bonchev–Trinajstić information content (AvgIpc) is 3.31. The Morgan fingerprint density at radius 3 is 2.77 bits per heavy atom. The zero-order chi connectivity index (χ0) is 18.1. The van der Waals surface area contributed by atoms with Gasteiger partial charge in [0.05, 0.1) is 32.1 Å². The lowest BCUT2D eigenvalue weighted by atomic mass is 10.2. The summed E-state index contributed by atoms with van der Waals surface area (Å²) in [6.07, 6.45) is 1.91. The summed E-state index contributed by atoms with van der Waals surface area (Å²) in [5, 5.41) is 0. The molecule has 0 bridgehead atoms. The topological polar surface area (TPSA) is 75.5 Å². The van der Waals surface area contributed by atoms with Gasteiger partial charge in [-0.2, -0.15) is 0 Å². The predicted molar refractivity (Wildman–Crippen MR) is 92.0 cm³/mol. The number of furan rings is 1. The predicted octanol–water partition coefficient (Wildman–Crippen LogP) is 0.956. The molecule has 0 saturated carbocycles. The summed E-state index contributed by atoms with van der Waals surface area (Å²) in [6.45, 7) is 7.81. The van der Waals surface area contributed by atoms with Gasteiger partial charge in [-0.1, -0.05) is 0 Å². The fraction of sp³-hybridized carbons (Fsp3) is 0.667. The number of likely N-dealkylation sites (tertiary alicyclic amines) is 1. The SMILES string of the molecule is Cc1ccoc1C(=O)N1C[C@@H]2OC(=O)N(CCCN3CCOCC3)[C@@H]2C1. The van der Waals surface area contributed by atoms with Crippen LogP contribution in [0.4, 0.5) is 4.79 Å². The van der Waals surface area contributed by atoms with E-state index in [9.17, 15) is 9.59 Å². The number of rotatable bonds is 5. The lowest BCUT2D eigenvalue weighted by Gasteiger charge is -2.28. The monoisotopic (exact) mass is 363 g/mol. The number of ether oxygens (including phenoxy) is 2. The van der Waals surface area contributed by atoms with Crippen LogP contribution in [0.3, 0.4) is 0 Å². The van der Waals surface area contributed by atoms with Crippen LogP contribution >= 0.6 is 0 Å². The maximum absolute atomic E-state index is 12.6. The highest BCUT2D eigenvalue weighted by atomic mass is 16.6. The number of carbonyl (C=O) groups excluding carboxylic acids is 2. The van der Waals surface area contributed by atoms with E-state index in [1.807, 2.05) is 6.92 Å². The van der Waals surface area contributed by atoms with Gasteiger partial charge in [-0.25, -0.2) is 4.79 Å². The molecule has 0 aliphatic carbocycles. The molecule has 8 heteroatoms. The molecule has 4 heterocycles. The highest BCUT2D eigenvalue weighted by Gasteiger charge is 2.49. The van der Waals surface area contributed by atoms with Gasteiger partial charge in [0.15, 0.2) is 5.76 Å². The molecule has 1 aromatic rings. The van der Waals surface area contributed by atoms with Crippen molar-refractivity contribution in [1.29, 1.82) is 0 Å². The summed E-state index contributed by atoms with van der Waals surface area (Å²) in [5.41, 5.74) is 0.825. The average molecular weight is 363 g/mol. The summed E-state index contributed by atoms with van der Waals surface area (Å²) in [7, 11) is 0. The number of morpholine rings is 1. The lowest BCUT2D eigenvalue weighted by molar-refractivity contribution is 0.0362. The molecule has 1 aromatic heterocycles. The first-order valence-electron chi connectivity index (χ1n) is 9.24. The van der Waals surface area contributed by atoms with Crippen LogP contribution in [0.2, 0.25) is 0 Å². The van der Waals surface area contributed by atoms with Gasteiger partial charge in [0.2, 0.25) is 0 Å². The second kappa shape index (κ2) is 7.28. The van der Waals surface area contributed by atoms with Crippen molar-refractivity contribution < 1.29 is 23.5 Å². The number of carbonyl (C=O) groups is 2. The van der Waals surface area contributed by atoms with Gasteiger partial charge in [0.1, 0.15) is 6.10 Å². The molecule has 2 atom stereocenters. The Balaban J connectivity index is 1.32. The quantitative estimate of drug-likeness (QED) is 0.776. The van der Waals surface area contributed by atoms with E-state index >= 15 is 0 Å². The molecular formula is C18H25N3O5. The van der Waals surface area contributed by atoms with Crippen molar-refractivity contribution in [2.45, 2.75) is 25.5 Å². The van der Waals surface area contributed by atoms with Crippen LogP contribution in [-0.4, -0.2) is 91.3 Å². The fourth-order valence-corrected chi connectivity index (χ4v) is 3.95. The van der Waals surface area contributed by atoms with Gasteiger partial charge < -0.3 is 18.8 Å². The van der Waals surface area contributed by atoms with E-state index in [2.05, 4.69) is 4.90 Å². The van der Waals surface area contributed by atoms with Crippen LogP contribution < -0.4 is 0 Å². The van der Waals surface area contributed by atoms with Crippen LogP contribution in [0, 0.1) is 6.92 Å². The minimum Gasteiger partial charge on any atom is -0.459 e. The number of aryl methyl sites for hydroxylation is 1. The van der Waals surface area contributed by atoms with Crippen LogP contribution in [-0.2, 0) is 9.47 Å². The van der Waals surface area contributed by atoms with E-state index in [1.54, 1.807) is 15.9 Å². The largest absolute Gasteiger partial charge is 0.459 e. The molecule has 3 fully saturated rings. The normalized spacial score (nSPS) is 26.3. The Labute approximate surface area is 152 Å². The third kappa shape index (κ3) is 3.31. The Morgan fingerprint density at radius 1 is 1.23 bits per heavy atom. The highest BCUT2D eigenvalue weighted by molar-refractivity contribution is 5.93. The van der Waals surface area contributed by atoms with E-state index in [4.69, 9.17) is 13.9 Å². The smallest absolute Gasteiger partial charge is 0.410 e. The summed E-state index contributed by atoms with van der Waals surface area (Å²) >= 11 is 0. The van der Waals surface area contributed by atoms with Gasteiger partial charge in [0.25, 0.3) is 5.91 Å². The van der Waals surface area contributed by atoms with E-state index in [0.29, 0.717) is 25.4 Å². The van der Waals surface area contributed by atoms with Crippen molar-refractivity contribution in [2.75, 3.05) is 52.5 Å². The van der Waals surface area contributed by atoms with Crippen molar-refractivity contribution in [1.82, 2.24) is 14.7 Å². The van der Waals surface area contributed by atoms with Crippen LogP contribution in [0.5, 0.6) is 0 Å². The van der Waals surface area contributed by atoms with Crippen LogP contribution in [0.25, 0.3) is 0 Å². The Bertz CT molecular complexity index is 670. The first kappa shape index (κ1) is 17.4. The van der Waals surface area contributed by atoms with Gasteiger partial charge >= 0.3 is 6.09 Å². The molecule has 0 aromatic carbocycles. The summed E-state index contributed by atoms with van der Waals surface area (Å²) in [5.74, 6) is 0.237. The van der Waals surface area contributed by atoms with Crippen molar-refractivity contribution in [2.24, 2.45) is 0 Å². The molecule has 0 unspecified atom stereocenters.